The third-order valence-corrected chi connectivity index (χ3v) is 5.35. The number of thioether (sulfide) groups is 1. The van der Waals surface area contributed by atoms with Gasteiger partial charge in [-0.15, -0.1) is 11.8 Å². The summed E-state index contributed by atoms with van der Waals surface area (Å²) in [6, 6.07) is 18.5. The second-order valence-corrected chi connectivity index (χ2v) is 7.17. The van der Waals surface area contributed by atoms with Crippen LogP contribution in [0.3, 0.4) is 0 Å². The number of hydrogen-bond donors (Lipinski definition) is 0. The van der Waals surface area contributed by atoms with Gasteiger partial charge in [0, 0.05) is 33.3 Å². The minimum absolute atomic E-state index is 0.698. The Hall–Kier alpha value is -1.23. The van der Waals surface area contributed by atoms with Gasteiger partial charge in [0.05, 0.1) is 5.69 Å². The van der Waals surface area contributed by atoms with Crippen LogP contribution in [-0.2, 0) is 12.8 Å². The smallest absolute Gasteiger partial charge is 0.131 e. The summed E-state index contributed by atoms with van der Waals surface area (Å²) in [6.45, 7) is 0. The molecule has 0 aliphatic heterocycles. The Morgan fingerprint density at radius 2 is 1.77 bits per heavy atom. The zero-order valence-corrected chi connectivity index (χ0v) is 15.1. The van der Waals surface area contributed by atoms with E-state index in [1.165, 1.54) is 4.90 Å². The first-order chi connectivity index (χ1) is 10.6. The molecule has 0 N–H and O–H groups in total. The lowest BCUT2D eigenvalue weighted by Gasteiger charge is -2.04. The average Bonchev–Trinajstić information content (AvgIpc) is 2.83. The van der Waals surface area contributed by atoms with E-state index in [1.807, 2.05) is 37.4 Å². The molecule has 0 unspecified atom stereocenters. The van der Waals surface area contributed by atoms with Gasteiger partial charge in [-0.3, -0.25) is 4.68 Å². The van der Waals surface area contributed by atoms with Crippen molar-refractivity contribution in [2.75, 3.05) is 0 Å². The number of nitrogens with zero attached hydrogens (tertiary/aromatic N) is 2. The molecule has 0 radical (unpaired) electrons. The summed E-state index contributed by atoms with van der Waals surface area (Å²) in [5, 5.41) is 5.27. The molecule has 0 aliphatic rings. The van der Waals surface area contributed by atoms with Crippen molar-refractivity contribution in [3.05, 3.63) is 69.8 Å². The van der Waals surface area contributed by atoms with E-state index < -0.39 is 0 Å². The molecule has 3 rings (SSSR count). The van der Waals surface area contributed by atoms with Gasteiger partial charge in [0.1, 0.15) is 5.15 Å². The van der Waals surface area contributed by atoms with Crippen LogP contribution in [0.5, 0.6) is 0 Å². The largest absolute Gasteiger partial charge is 0.256 e. The predicted molar refractivity (Wildman–Crippen MR) is 97.4 cm³/mol. The van der Waals surface area contributed by atoms with Gasteiger partial charge < -0.3 is 0 Å². The fourth-order valence-corrected chi connectivity index (χ4v) is 3.64. The molecule has 0 fully saturated rings. The molecule has 0 amide bonds. The predicted octanol–water partition coefficient (Wildman–Crippen LogP) is 5.80. The molecule has 0 saturated carbocycles. The highest BCUT2D eigenvalue weighted by atomic mass is 79.9. The lowest BCUT2D eigenvalue weighted by Crippen LogP contribution is -1.89. The molecule has 22 heavy (non-hydrogen) atoms. The van der Waals surface area contributed by atoms with E-state index in [2.05, 4.69) is 45.3 Å². The lowest BCUT2D eigenvalue weighted by atomic mass is 10.1. The van der Waals surface area contributed by atoms with E-state index in [4.69, 9.17) is 11.6 Å². The number of benzene rings is 2. The second-order valence-electron chi connectivity index (χ2n) is 4.85. The minimum Gasteiger partial charge on any atom is -0.256 e. The maximum atomic E-state index is 6.43. The van der Waals surface area contributed by atoms with Crippen LogP contribution >= 0.6 is 39.3 Å². The summed E-state index contributed by atoms with van der Waals surface area (Å²) in [5.41, 5.74) is 3.12. The third-order valence-electron chi connectivity index (χ3n) is 3.31. The fraction of sp³-hybridized carbons (Fsp3) is 0.118. The number of halogens is 2. The van der Waals surface area contributed by atoms with Crippen LogP contribution in [-0.4, -0.2) is 9.78 Å². The van der Waals surface area contributed by atoms with Crippen molar-refractivity contribution in [3.63, 3.8) is 0 Å². The minimum atomic E-state index is 0.698. The highest BCUT2D eigenvalue weighted by molar-refractivity contribution is 9.10. The quantitative estimate of drug-likeness (QED) is 0.522. The van der Waals surface area contributed by atoms with Gasteiger partial charge in [-0.25, -0.2) is 0 Å². The summed E-state index contributed by atoms with van der Waals surface area (Å²) in [4.78, 5) is 1.21. The van der Waals surface area contributed by atoms with Gasteiger partial charge in [-0.1, -0.05) is 57.9 Å². The SMILES string of the molecule is Cn1nc(-c2ccccc2)c(CSc2ccc(Br)cc2)c1Cl. The molecule has 0 atom stereocenters. The summed E-state index contributed by atoms with van der Waals surface area (Å²) < 4.78 is 2.82. The fourth-order valence-electron chi connectivity index (χ4n) is 2.19. The Bertz CT molecular complexity index is 769. The molecule has 0 bridgehead atoms. The van der Waals surface area contributed by atoms with Gasteiger partial charge in [0.15, 0.2) is 0 Å². The molecule has 112 valence electrons. The molecule has 0 aliphatic carbocycles. The monoisotopic (exact) mass is 392 g/mol. The molecule has 2 aromatic carbocycles. The van der Waals surface area contributed by atoms with Gasteiger partial charge in [-0.05, 0) is 24.3 Å². The Morgan fingerprint density at radius 3 is 2.45 bits per heavy atom. The number of aryl methyl sites for hydroxylation is 1. The average molecular weight is 394 g/mol. The number of rotatable bonds is 4. The number of aromatic nitrogens is 2. The summed E-state index contributed by atoms with van der Waals surface area (Å²) >= 11 is 11.6. The highest BCUT2D eigenvalue weighted by Gasteiger charge is 2.16. The molecule has 0 saturated heterocycles. The molecular weight excluding hydrogens is 380 g/mol. The summed E-state index contributed by atoms with van der Waals surface area (Å²) in [7, 11) is 1.88. The Balaban J connectivity index is 1.88. The molecular formula is C17H14BrClN2S. The van der Waals surface area contributed by atoms with Gasteiger partial charge >= 0.3 is 0 Å². The topological polar surface area (TPSA) is 17.8 Å². The van der Waals surface area contributed by atoms with E-state index >= 15 is 0 Å². The highest BCUT2D eigenvalue weighted by Crippen LogP contribution is 2.33. The number of hydrogen-bond acceptors (Lipinski definition) is 2. The molecule has 0 spiro atoms. The van der Waals surface area contributed by atoms with Crippen molar-refractivity contribution < 1.29 is 0 Å². The van der Waals surface area contributed by atoms with E-state index in [1.54, 1.807) is 16.4 Å². The Kier molecular flexibility index (Phi) is 4.91. The first-order valence-electron chi connectivity index (χ1n) is 6.80. The first kappa shape index (κ1) is 15.7. The van der Waals surface area contributed by atoms with Crippen LogP contribution in [0.4, 0.5) is 0 Å². The Labute approximate surface area is 147 Å². The lowest BCUT2D eigenvalue weighted by molar-refractivity contribution is 0.771. The zero-order chi connectivity index (χ0) is 15.5. The maximum Gasteiger partial charge on any atom is 0.131 e. The summed E-state index contributed by atoms with van der Waals surface area (Å²) in [6.07, 6.45) is 0. The van der Waals surface area contributed by atoms with Crippen LogP contribution in [0.1, 0.15) is 5.56 Å². The maximum absolute atomic E-state index is 6.43. The second kappa shape index (κ2) is 6.90. The van der Waals surface area contributed by atoms with Crippen molar-refractivity contribution in [3.8, 4) is 11.3 Å². The van der Waals surface area contributed by atoms with Crippen LogP contribution in [0.2, 0.25) is 5.15 Å². The van der Waals surface area contributed by atoms with Gasteiger partial charge in [0.25, 0.3) is 0 Å². The molecule has 1 heterocycles. The van der Waals surface area contributed by atoms with Crippen LogP contribution in [0.15, 0.2) is 64.0 Å². The van der Waals surface area contributed by atoms with Crippen LogP contribution < -0.4 is 0 Å². The van der Waals surface area contributed by atoms with Gasteiger partial charge in [0.2, 0.25) is 0 Å². The molecule has 5 heteroatoms. The van der Waals surface area contributed by atoms with E-state index in [0.717, 1.165) is 27.0 Å². The van der Waals surface area contributed by atoms with E-state index in [9.17, 15) is 0 Å². The Morgan fingerprint density at radius 1 is 1.09 bits per heavy atom. The van der Waals surface area contributed by atoms with Gasteiger partial charge in [-0.2, -0.15) is 5.10 Å². The van der Waals surface area contributed by atoms with Crippen molar-refractivity contribution in [2.24, 2.45) is 7.05 Å². The summed E-state index contributed by atoms with van der Waals surface area (Å²) in [5.74, 6) is 0.790. The molecule has 2 nitrogen and oxygen atoms in total. The molecule has 3 aromatic rings. The van der Waals surface area contributed by atoms with E-state index in [-0.39, 0.29) is 0 Å². The van der Waals surface area contributed by atoms with Crippen LogP contribution in [0, 0.1) is 0 Å². The molecule has 1 aromatic heterocycles. The zero-order valence-electron chi connectivity index (χ0n) is 12.0. The van der Waals surface area contributed by atoms with Crippen molar-refractivity contribution in [1.29, 1.82) is 0 Å². The van der Waals surface area contributed by atoms with E-state index in [0.29, 0.717) is 5.15 Å². The van der Waals surface area contributed by atoms with Crippen molar-refractivity contribution in [1.82, 2.24) is 9.78 Å². The normalized spacial score (nSPS) is 10.9. The van der Waals surface area contributed by atoms with Crippen LogP contribution in [0.25, 0.3) is 11.3 Å². The van der Waals surface area contributed by atoms with Crippen molar-refractivity contribution in [2.45, 2.75) is 10.6 Å². The van der Waals surface area contributed by atoms with Crippen molar-refractivity contribution >= 4 is 39.3 Å². The third kappa shape index (κ3) is 3.40. The first-order valence-corrected chi connectivity index (χ1v) is 8.96. The standard InChI is InChI=1S/C17H14BrClN2S/c1-21-17(19)15(11-22-14-9-7-13(18)8-10-14)16(20-21)12-5-3-2-4-6-12/h2-10H,11H2,1H3.